The Labute approximate surface area is 76.4 Å². The summed E-state index contributed by atoms with van der Waals surface area (Å²) >= 11 is 0. The molecule has 0 aliphatic carbocycles. The van der Waals surface area contributed by atoms with Crippen LogP contribution in [-0.2, 0) is 0 Å². The molecule has 0 aliphatic rings. The number of allylic oxidation sites excluding steroid dienone is 3. The van der Waals surface area contributed by atoms with E-state index in [0.29, 0.717) is 6.42 Å². The van der Waals surface area contributed by atoms with Crippen LogP contribution in [0.25, 0.3) is 10.3 Å². The molecule has 0 spiro atoms. The van der Waals surface area contributed by atoms with Crippen LogP contribution < -0.4 is 0 Å². The van der Waals surface area contributed by atoms with E-state index in [1.165, 1.54) is 0 Å². The third-order valence-corrected chi connectivity index (χ3v) is 1.38. The molecule has 0 aromatic rings. The summed E-state index contributed by atoms with van der Waals surface area (Å²) in [5, 5.41) is 25.5. The van der Waals surface area contributed by atoms with Crippen LogP contribution >= 0.6 is 0 Å². The Morgan fingerprint density at radius 3 is 2.31 bits per heavy atom. The Morgan fingerprint density at radius 1 is 1.46 bits per heavy atom. The second kappa shape index (κ2) is 5.33. The van der Waals surface area contributed by atoms with Crippen molar-refractivity contribution in [2.75, 3.05) is 0 Å². The van der Waals surface area contributed by atoms with Gasteiger partial charge in [-0.15, -0.1) is 0 Å². The van der Waals surface area contributed by atoms with E-state index in [1.807, 2.05) is 0 Å². The van der Waals surface area contributed by atoms with Crippen molar-refractivity contribution in [3.8, 4) is 12.1 Å². The first-order chi connectivity index (χ1) is 6.24. The highest BCUT2D eigenvalue weighted by Crippen LogP contribution is 2.16. The van der Waals surface area contributed by atoms with Crippen molar-refractivity contribution < 1.29 is 0 Å². The minimum Gasteiger partial charge on any atom is -0.762 e. The SMILES string of the molecule is [C-]#[N+]/C(C#N)=C(\CC)C(=C=[N-])C#N. The van der Waals surface area contributed by atoms with Crippen LogP contribution in [0.2, 0.25) is 0 Å². The lowest BCUT2D eigenvalue weighted by atomic mass is 10.0. The molecule has 0 aliphatic heterocycles. The molecular formula is C9H5N4-. The van der Waals surface area contributed by atoms with Crippen molar-refractivity contribution in [1.29, 1.82) is 10.5 Å². The number of hydrogen-bond acceptors (Lipinski definition) is 2. The summed E-state index contributed by atoms with van der Waals surface area (Å²) in [5.41, 5.74) is -0.113. The Hall–Kier alpha value is -2.34. The molecule has 0 aromatic heterocycles. The molecule has 0 aromatic carbocycles. The maximum Gasteiger partial charge on any atom is 0.266 e. The predicted octanol–water partition coefficient (Wildman–Crippen LogP) is 1.78. The molecule has 0 amide bonds. The molecule has 0 rings (SSSR count). The van der Waals surface area contributed by atoms with Crippen LogP contribution in [0.4, 0.5) is 0 Å². The van der Waals surface area contributed by atoms with Gasteiger partial charge < -0.3 is 5.41 Å². The molecule has 0 bridgehead atoms. The van der Waals surface area contributed by atoms with Crippen molar-refractivity contribution in [3.05, 3.63) is 33.7 Å². The molecular weight excluding hydrogens is 164 g/mol. The van der Waals surface area contributed by atoms with Gasteiger partial charge in [0.1, 0.15) is 6.07 Å². The van der Waals surface area contributed by atoms with Crippen molar-refractivity contribution >= 4 is 5.87 Å². The predicted molar refractivity (Wildman–Crippen MR) is 47.0 cm³/mol. The molecule has 4 heteroatoms. The van der Waals surface area contributed by atoms with Gasteiger partial charge in [-0.2, -0.15) is 5.26 Å². The van der Waals surface area contributed by atoms with Crippen molar-refractivity contribution in [2.24, 2.45) is 0 Å². The van der Waals surface area contributed by atoms with E-state index in [1.54, 1.807) is 24.9 Å². The highest BCUT2D eigenvalue weighted by molar-refractivity contribution is 5.74. The standard InChI is InChI=1S/C9H5N4/c1-3-8(7(4-10)5-11)9(6-12)13-2/h3H2,1H3/q-1/b9-8+. The van der Waals surface area contributed by atoms with E-state index in [0.717, 1.165) is 0 Å². The molecule has 0 heterocycles. The number of nitrogens with zero attached hydrogens (tertiary/aromatic N) is 4. The molecule has 0 saturated carbocycles. The third kappa shape index (κ3) is 2.31. The summed E-state index contributed by atoms with van der Waals surface area (Å²) in [5.74, 6) is 1.66. The first-order valence-corrected chi connectivity index (χ1v) is 3.43. The van der Waals surface area contributed by atoms with Crippen molar-refractivity contribution in [1.82, 2.24) is 0 Å². The van der Waals surface area contributed by atoms with E-state index in [4.69, 9.17) is 22.5 Å². The summed E-state index contributed by atoms with van der Waals surface area (Å²) in [4.78, 5) is 2.94. The number of nitriles is 2. The van der Waals surface area contributed by atoms with Gasteiger partial charge in [0, 0.05) is 0 Å². The minimum atomic E-state index is -0.180. The normalized spacial score (nSPS) is 9.69. The van der Waals surface area contributed by atoms with Crippen LogP contribution in [0.1, 0.15) is 13.3 Å². The van der Waals surface area contributed by atoms with Crippen LogP contribution in [-0.4, -0.2) is 5.87 Å². The minimum absolute atomic E-state index is 0.157. The molecule has 0 N–H and O–H groups in total. The average Bonchev–Trinajstić information content (AvgIpc) is 2.18. The van der Waals surface area contributed by atoms with E-state index < -0.39 is 0 Å². The van der Waals surface area contributed by atoms with Gasteiger partial charge in [-0.3, -0.25) is 5.87 Å². The molecule has 0 saturated heterocycles. The van der Waals surface area contributed by atoms with Crippen LogP contribution in [0.3, 0.4) is 0 Å². The van der Waals surface area contributed by atoms with Gasteiger partial charge in [0.2, 0.25) is 0 Å². The summed E-state index contributed by atoms with van der Waals surface area (Å²) in [6.07, 6.45) is 0.335. The Morgan fingerprint density at radius 2 is 2.08 bits per heavy atom. The maximum atomic E-state index is 8.51. The van der Waals surface area contributed by atoms with E-state index >= 15 is 0 Å². The summed E-state index contributed by atoms with van der Waals surface area (Å²) in [6, 6.07) is 3.31. The molecule has 0 atom stereocenters. The van der Waals surface area contributed by atoms with Crippen LogP contribution in [0.15, 0.2) is 16.8 Å². The summed E-state index contributed by atoms with van der Waals surface area (Å²) in [6.45, 7) is 8.34. The summed E-state index contributed by atoms with van der Waals surface area (Å²) < 4.78 is 0. The topological polar surface area (TPSA) is 74.2 Å². The zero-order valence-corrected chi connectivity index (χ0v) is 7.00. The zero-order valence-electron chi connectivity index (χ0n) is 7.00. The van der Waals surface area contributed by atoms with Crippen molar-refractivity contribution in [2.45, 2.75) is 13.3 Å². The van der Waals surface area contributed by atoms with Gasteiger partial charge in [0.25, 0.3) is 5.70 Å². The van der Waals surface area contributed by atoms with Crippen molar-refractivity contribution in [3.63, 3.8) is 0 Å². The van der Waals surface area contributed by atoms with Gasteiger partial charge in [-0.25, -0.2) is 10.1 Å². The van der Waals surface area contributed by atoms with E-state index in [9.17, 15) is 0 Å². The third-order valence-electron chi connectivity index (χ3n) is 1.38. The fourth-order valence-electron chi connectivity index (χ4n) is 0.783. The molecule has 0 radical (unpaired) electrons. The lowest BCUT2D eigenvalue weighted by Gasteiger charge is -2.00. The van der Waals surface area contributed by atoms with Gasteiger partial charge in [0.05, 0.1) is 18.2 Å². The molecule has 0 unspecified atom stereocenters. The number of rotatable bonds is 2. The highest BCUT2D eigenvalue weighted by Gasteiger charge is 2.07. The first kappa shape index (κ1) is 10.7. The second-order valence-electron chi connectivity index (χ2n) is 2.00. The monoisotopic (exact) mass is 169 g/mol. The summed E-state index contributed by atoms with van der Waals surface area (Å²) in [7, 11) is 0. The molecule has 4 nitrogen and oxygen atoms in total. The van der Waals surface area contributed by atoms with Gasteiger partial charge in [0.15, 0.2) is 0 Å². The number of hydrogen-bond donors (Lipinski definition) is 0. The smallest absolute Gasteiger partial charge is 0.266 e. The zero-order chi connectivity index (χ0) is 10.3. The van der Waals surface area contributed by atoms with E-state index in [-0.39, 0.29) is 16.8 Å². The van der Waals surface area contributed by atoms with Crippen LogP contribution in [0.5, 0.6) is 0 Å². The fourth-order valence-corrected chi connectivity index (χ4v) is 0.783. The molecule has 13 heavy (non-hydrogen) atoms. The Bertz CT molecular complexity index is 386. The quantitative estimate of drug-likeness (QED) is 0.273. The van der Waals surface area contributed by atoms with Gasteiger partial charge in [-0.05, 0) is 12.0 Å². The molecule has 0 fully saturated rings. The Kier molecular flexibility index (Phi) is 4.37. The molecule has 62 valence electrons. The highest BCUT2D eigenvalue weighted by atomic mass is 14.7. The lowest BCUT2D eigenvalue weighted by Crippen LogP contribution is -1.90. The second-order valence-corrected chi connectivity index (χ2v) is 2.00. The Balaban J connectivity index is 5.56. The lowest BCUT2D eigenvalue weighted by molar-refractivity contribution is 1.12. The fraction of sp³-hybridized carbons (Fsp3) is 0.222. The van der Waals surface area contributed by atoms with Gasteiger partial charge >= 0.3 is 0 Å². The van der Waals surface area contributed by atoms with E-state index in [2.05, 4.69) is 4.85 Å². The maximum absolute atomic E-state index is 8.51. The van der Waals surface area contributed by atoms with Crippen LogP contribution in [0, 0.1) is 29.2 Å². The first-order valence-electron chi connectivity index (χ1n) is 3.43. The largest absolute Gasteiger partial charge is 0.762 e. The van der Waals surface area contributed by atoms with Gasteiger partial charge in [-0.1, -0.05) is 6.92 Å². The average molecular weight is 169 g/mol.